The van der Waals surface area contributed by atoms with Crippen LogP contribution in [0.5, 0.6) is 0 Å². The molecule has 1 aromatic carbocycles. The molecule has 0 saturated carbocycles. The Morgan fingerprint density at radius 2 is 1.79 bits per heavy atom. The molecule has 0 fully saturated rings. The first kappa shape index (κ1) is 12.5. The van der Waals surface area contributed by atoms with E-state index in [9.17, 15) is 0 Å². The van der Waals surface area contributed by atoms with Gasteiger partial charge in [-0.15, -0.1) is 0 Å². The van der Waals surface area contributed by atoms with Gasteiger partial charge in [0.25, 0.3) is 0 Å². The van der Waals surface area contributed by atoms with Crippen LogP contribution in [0.4, 0.5) is 0 Å². The molecular formula is C12H16Li2. The zero-order valence-corrected chi connectivity index (χ0v) is 9.88. The van der Waals surface area contributed by atoms with Crippen LogP contribution in [0, 0.1) is 5.92 Å². The summed E-state index contributed by atoms with van der Waals surface area (Å²) in [6.45, 7) is 4.61. The van der Waals surface area contributed by atoms with Gasteiger partial charge in [0.05, 0.1) is 0 Å². The van der Waals surface area contributed by atoms with Gasteiger partial charge in [0.2, 0.25) is 0 Å². The topological polar surface area (TPSA) is 0 Å². The fourth-order valence-electron chi connectivity index (χ4n) is 2.02. The van der Waals surface area contributed by atoms with Crippen molar-refractivity contribution in [3.8, 4) is 0 Å². The fraction of sp³-hybridized carbons (Fsp3) is 0.500. The minimum absolute atomic E-state index is 0.316. The molecule has 14 heavy (non-hydrogen) atoms. The van der Waals surface area contributed by atoms with Crippen LogP contribution in [0.15, 0.2) is 30.3 Å². The van der Waals surface area contributed by atoms with Crippen molar-refractivity contribution < 1.29 is 0 Å². The van der Waals surface area contributed by atoms with Gasteiger partial charge in [-0.05, 0) is 0 Å². The van der Waals surface area contributed by atoms with Crippen molar-refractivity contribution in [1.82, 2.24) is 0 Å². The second-order valence-electron chi connectivity index (χ2n) is 4.97. The molecule has 1 aromatic rings. The van der Waals surface area contributed by atoms with Crippen molar-refractivity contribution >= 4 is 35.4 Å². The third kappa shape index (κ3) is 3.53. The monoisotopic (exact) mass is 174 g/mol. The van der Waals surface area contributed by atoms with Crippen LogP contribution in [0.1, 0.15) is 32.3 Å². The Hall–Kier alpha value is 0.415. The molecule has 1 unspecified atom stereocenters. The first-order valence-corrected chi connectivity index (χ1v) is 5.62. The molecule has 0 radical (unpaired) electrons. The van der Waals surface area contributed by atoms with Crippen LogP contribution >= 0.6 is 0 Å². The zero-order valence-electron chi connectivity index (χ0n) is 9.88. The molecule has 0 N–H and O–H groups in total. The Morgan fingerprint density at radius 1 is 1.21 bits per heavy atom. The summed E-state index contributed by atoms with van der Waals surface area (Å²) in [5, 5.41) is 0. The normalized spacial score (nSPS) is 14.1. The van der Waals surface area contributed by atoms with E-state index in [1.807, 2.05) is 0 Å². The second-order valence-corrected chi connectivity index (χ2v) is 4.97. The van der Waals surface area contributed by atoms with E-state index in [0.29, 0.717) is 2.76 Å². The van der Waals surface area contributed by atoms with E-state index in [1.54, 1.807) is 0 Å². The van der Waals surface area contributed by atoms with Crippen molar-refractivity contribution in [2.45, 2.75) is 29.5 Å². The predicted octanol–water partition coefficient (Wildman–Crippen LogP) is 2.61. The van der Waals surface area contributed by atoms with E-state index in [2.05, 4.69) is 79.6 Å². The van der Waals surface area contributed by atoms with Gasteiger partial charge in [-0.2, -0.15) is 0 Å². The third-order valence-electron chi connectivity index (χ3n) is 3.11. The first-order valence-electron chi connectivity index (χ1n) is 5.62. The Balaban J connectivity index is 2.75. The van der Waals surface area contributed by atoms with Gasteiger partial charge in [-0.3, -0.25) is 0 Å². The molecule has 0 amide bonds. The van der Waals surface area contributed by atoms with Crippen LogP contribution in [0.2, 0.25) is 0 Å². The van der Waals surface area contributed by atoms with Crippen LogP contribution in [-0.4, -0.2) is 35.4 Å². The van der Waals surface area contributed by atoms with E-state index in [0.717, 1.165) is 5.92 Å². The number of hydrogen-bond acceptors (Lipinski definition) is 0. The van der Waals surface area contributed by atoms with E-state index in [-0.39, 0.29) is 0 Å². The van der Waals surface area contributed by atoms with Crippen LogP contribution in [0.3, 0.4) is 0 Å². The summed E-state index contributed by atoms with van der Waals surface area (Å²) in [5.74, 6) is 0.810. The van der Waals surface area contributed by atoms with Gasteiger partial charge < -0.3 is 0 Å². The average molecular weight is 174 g/mol. The van der Waals surface area contributed by atoms with Crippen molar-refractivity contribution in [3.05, 3.63) is 35.9 Å². The maximum atomic E-state index is 2.34. The van der Waals surface area contributed by atoms with Gasteiger partial charge in [0.15, 0.2) is 0 Å². The second kappa shape index (κ2) is 5.49. The molecule has 0 nitrogen and oxygen atoms in total. The average Bonchev–Trinajstić information content (AvgIpc) is 2.18. The number of rotatable bonds is 4. The summed E-state index contributed by atoms with van der Waals surface area (Å²) in [6.07, 6.45) is 2.55. The van der Waals surface area contributed by atoms with E-state index < -0.39 is 0 Å². The molecule has 0 aliphatic rings. The Kier molecular flexibility index (Phi) is 4.89. The summed E-state index contributed by atoms with van der Waals surface area (Å²) in [7, 11) is 0. The first-order chi connectivity index (χ1) is 6.56. The van der Waals surface area contributed by atoms with Crippen LogP contribution in [0.25, 0.3) is 0 Å². The summed E-state index contributed by atoms with van der Waals surface area (Å²) >= 11 is 4.68. The fourth-order valence-corrected chi connectivity index (χ4v) is 2.02. The summed E-state index contributed by atoms with van der Waals surface area (Å²) in [5.41, 5.74) is 1.46. The SMILES string of the molecule is [Li][C]([Li])(CC(C)CC)c1ccccc1. The molecule has 0 aliphatic heterocycles. The zero-order chi connectivity index (χ0) is 10.6. The molecular weight excluding hydrogens is 158 g/mol. The molecule has 0 heterocycles. The van der Waals surface area contributed by atoms with E-state index in [1.165, 1.54) is 18.4 Å². The summed E-state index contributed by atoms with van der Waals surface area (Å²) in [6, 6.07) is 10.8. The van der Waals surface area contributed by atoms with Crippen LogP contribution < -0.4 is 0 Å². The molecule has 66 valence electrons. The van der Waals surface area contributed by atoms with Gasteiger partial charge in [0.1, 0.15) is 0 Å². The van der Waals surface area contributed by atoms with Gasteiger partial charge in [0, 0.05) is 0 Å². The predicted molar refractivity (Wildman–Crippen MR) is 63.7 cm³/mol. The maximum absolute atomic E-state index is 2.34. The third-order valence-corrected chi connectivity index (χ3v) is 3.11. The molecule has 0 aliphatic carbocycles. The summed E-state index contributed by atoms with van der Waals surface area (Å²) < 4.78 is 0.316. The molecule has 1 atom stereocenters. The van der Waals surface area contributed by atoms with Crippen molar-refractivity contribution in [3.63, 3.8) is 0 Å². The van der Waals surface area contributed by atoms with Crippen LogP contribution in [-0.2, 0) is 2.76 Å². The quantitative estimate of drug-likeness (QED) is 0.615. The van der Waals surface area contributed by atoms with Gasteiger partial charge in [-0.1, -0.05) is 0 Å². The minimum atomic E-state index is 0.316. The number of benzene rings is 1. The van der Waals surface area contributed by atoms with Crippen molar-refractivity contribution in [2.24, 2.45) is 5.92 Å². The Labute approximate surface area is 106 Å². The summed E-state index contributed by atoms with van der Waals surface area (Å²) in [4.78, 5) is 0. The molecule has 0 spiro atoms. The molecule has 1 rings (SSSR count). The standard InChI is InChI=1S/C12H16.2Li/c1-3-11(2)9-10-12-7-5-4-6-8-12;;/h4-8,11H,3,9H2,1-2H3;;. The molecule has 0 aromatic heterocycles. The van der Waals surface area contributed by atoms with Gasteiger partial charge >= 0.3 is 107 Å². The molecule has 0 saturated heterocycles. The number of hydrogen-bond donors (Lipinski definition) is 0. The molecule has 0 bridgehead atoms. The van der Waals surface area contributed by atoms with Crippen molar-refractivity contribution in [1.29, 1.82) is 0 Å². The Bertz CT molecular complexity index is 267. The van der Waals surface area contributed by atoms with E-state index in [4.69, 9.17) is 0 Å². The van der Waals surface area contributed by atoms with E-state index >= 15 is 0 Å². The Morgan fingerprint density at radius 3 is 2.29 bits per heavy atom. The molecule has 2 heteroatoms. The van der Waals surface area contributed by atoms with Gasteiger partial charge in [-0.25, -0.2) is 0 Å². The van der Waals surface area contributed by atoms with Crippen molar-refractivity contribution in [2.75, 3.05) is 0 Å².